The lowest BCUT2D eigenvalue weighted by molar-refractivity contribution is 0.0932. The van der Waals surface area contributed by atoms with Crippen LogP contribution in [0.4, 0.5) is 8.78 Å². The molecule has 1 amide bonds. The first-order chi connectivity index (χ1) is 8.81. The second-order valence-electron chi connectivity index (χ2n) is 4.68. The number of rotatable bonds is 5. The fourth-order valence-electron chi connectivity index (χ4n) is 1.81. The summed E-state index contributed by atoms with van der Waals surface area (Å²) in [6.07, 6.45) is -0.0131. The Morgan fingerprint density at radius 1 is 1.37 bits per heavy atom. The Bertz CT molecular complexity index is 440. The zero-order valence-electron chi connectivity index (χ0n) is 10.8. The molecule has 0 aliphatic rings. The van der Waals surface area contributed by atoms with E-state index in [0.29, 0.717) is 18.6 Å². The Morgan fingerprint density at radius 3 is 2.53 bits per heavy atom. The number of halogens is 2. The van der Waals surface area contributed by atoms with E-state index in [1.165, 1.54) is 0 Å². The van der Waals surface area contributed by atoms with Crippen molar-refractivity contribution in [3.05, 3.63) is 29.3 Å². The third-order valence-corrected chi connectivity index (χ3v) is 2.62. The fraction of sp³-hybridized carbons (Fsp3) is 0.462. The van der Waals surface area contributed by atoms with Crippen molar-refractivity contribution in [1.82, 2.24) is 5.32 Å². The molecule has 0 radical (unpaired) electrons. The minimum atomic E-state index is -1.11. The van der Waals surface area contributed by atoms with Gasteiger partial charge in [0.05, 0.1) is 6.10 Å². The summed E-state index contributed by atoms with van der Waals surface area (Å²) in [5.74, 6) is -3.62. The number of benzene rings is 1. The monoisotopic (exact) mass is 273 g/mol. The van der Waals surface area contributed by atoms with Gasteiger partial charge in [0, 0.05) is 18.7 Å². The maximum absolute atomic E-state index is 13.4. The third-order valence-electron chi connectivity index (χ3n) is 2.62. The van der Waals surface area contributed by atoms with Gasteiger partial charge in [-0.15, -0.1) is 0 Å². The highest BCUT2D eigenvalue weighted by Gasteiger charge is 2.19. The molecule has 1 rings (SSSR count). The van der Waals surface area contributed by atoms with Crippen LogP contribution in [0.15, 0.2) is 12.1 Å². The van der Waals surface area contributed by atoms with E-state index in [4.69, 9.17) is 5.11 Å². The fourth-order valence-corrected chi connectivity index (χ4v) is 1.81. The van der Waals surface area contributed by atoms with Gasteiger partial charge in [-0.2, -0.15) is 0 Å². The summed E-state index contributed by atoms with van der Waals surface area (Å²) in [6.45, 7) is 3.66. The van der Waals surface area contributed by atoms with E-state index in [1.807, 2.05) is 6.92 Å². The van der Waals surface area contributed by atoms with Crippen molar-refractivity contribution in [3.8, 4) is 5.75 Å². The minimum Gasteiger partial charge on any atom is -0.507 e. The standard InChI is InChI=1S/C13H17F2NO3/c1-7(3-8(2)17)6-16-13(19)12-10(15)4-9(14)5-11(12)18/h4-5,7-8,17-18H,3,6H2,1-2H3,(H,16,19)/t7-,8+/m1/s1. The van der Waals surface area contributed by atoms with Gasteiger partial charge in [-0.3, -0.25) is 4.79 Å². The van der Waals surface area contributed by atoms with E-state index in [9.17, 15) is 18.7 Å². The van der Waals surface area contributed by atoms with E-state index >= 15 is 0 Å². The highest BCUT2D eigenvalue weighted by molar-refractivity contribution is 5.97. The van der Waals surface area contributed by atoms with E-state index in [1.54, 1.807) is 6.92 Å². The first-order valence-electron chi connectivity index (χ1n) is 5.95. The predicted octanol–water partition coefficient (Wildman–Crippen LogP) is 1.81. The third kappa shape index (κ3) is 4.48. The Kier molecular flexibility index (Phi) is 5.23. The molecule has 0 bridgehead atoms. The van der Waals surface area contributed by atoms with Crippen LogP contribution < -0.4 is 5.32 Å². The number of amides is 1. The molecular formula is C13H17F2NO3. The maximum Gasteiger partial charge on any atom is 0.258 e. The number of phenolic OH excluding ortho intramolecular Hbond substituents is 1. The SMILES string of the molecule is C[C@@H](CNC(=O)c1c(O)cc(F)cc1F)C[C@H](C)O. The van der Waals surface area contributed by atoms with Crippen molar-refractivity contribution in [2.24, 2.45) is 5.92 Å². The van der Waals surface area contributed by atoms with E-state index in [2.05, 4.69) is 5.32 Å². The van der Waals surface area contributed by atoms with Crippen molar-refractivity contribution >= 4 is 5.91 Å². The van der Waals surface area contributed by atoms with Crippen molar-refractivity contribution in [2.45, 2.75) is 26.4 Å². The Hall–Kier alpha value is -1.69. The molecule has 0 unspecified atom stereocenters. The van der Waals surface area contributed by atoms with Gasteiger partial charge >= 0.3 is 0 Å². The number of hydrogen-bond donors (Lipinski definition) is 3. The molecule has 0 saturated heterocycles. The number of phenols is 1. The molecule has 106 valence electrons. The molecule has 19 heavy (non-hydrogen) atoms. The number of aliphatic hydroxyl groups excluding tert-OH is 1. The second kappa shape index (κ2) is 6.47. The van der Waals surface area contributed by atoms with Gasteiger partial charge in [-0.05, 0) is 19.3 Å². The highest BCUT2D eigenvalue weighted by atomic mass is 19.1. The van der Waals surface area contributed by atoms with Gasteiger partial charge < -0.3 is 15.5 Å². The summed E-state index contributed by atoms with van der Waals surface area (Å²) < 4.78 is 26.2. The van der Waals surface area contributed by atoms with Crippen LogP contribution in [0, 0.1) is 17.6 Å². The van der Waals surface area contributed by atoms with Crippen molar-refractivity contribution < 1.29 is 23.8 Å². The molecule has 3 N–H and O–H groups in total. The van der Waals surface area contributed by atoms with Crippen molar-refractivity contribution in [2.75, 3.05) is 6.54 Å². The molecule has 0 saturated carbocycles. The molecule has 6 heteroatoms. The second-order valence-corrected chi connectivity index (χ2v) is 4.68. The van der Waals surface area contributed by atoms with Gasteiger partial charge in [0.1, 0.15) is 22.9 Å². The van der Waals surface area contributed by atoms with E-state index < -0.39 is 35.0 Å². The number of aromatic hydroxyl groups is 1. The summed E-state index contributed by atoms with van der Waals surface area (Å²) in [5.41, 5.74) is -0.578. The molecule has 0 heterocycles. The summed E-state index contributed by atoms with van der Waals surface area (Å²) in [6, 6.07) is 1.21. The zero-order valence-corrected chi connectivity index (χ0v) is 10.8. The van der Waals surface area contributed by atoms with Crippen LogP contribution >= 0.6 is 0 Å². The number of carbonyl (C=O) groups excluding carboxylic acids is 1. The molecule has 0 spiro atoms. The van der Waals surface area contributed by atoms with Crippen LogP contribution in [0.5, 0.6) is 5.75 Å². The average molecular weight is 273 g/mol. The van der Waals surface area contributed by atoms with Gasteiger partial charge in [0.2, 0.25) is 0 Å². The Labute approximate surface area is 110 Å². The molecule has 1 aromatic rings. The zero-order chi connectivity index (χ0) is 14.6. The molecule has 2 atom stereocenters. The average Bonchev–Trinajstić information content (AvgIpc) is 2.23. The van der Waals surface area contributed by atoms with Crippen LogP contribution in [0.3, 0.4) is 0 Å². The van der Waals surface area contributed by atoms with E-state index in [-0.39, 0.29) is 12.5 Å². The van der Waals surface area contributed by atoms with Crippen LogP contribution in [-0.2, 0) is 0 Å². The van der Waals surface area contributed by atoms with Crippen LogP contribution in [-0.4, -0.2) is 28.8 Å². The van der Waals surface area contributed by atoms with Gasteiger partial charge in [-0.1, -0.05) is 6.92 Å². The predicted molar refractivity (Wildman–Crippen MR) is 65.8 cm³/mol. The summed E-state index contributed by atoms with van der Waals surface area (Å²) in [5, 5.41) is 21.0. The lowest BCUT2D eigenvalue weighted by atomic mass is 10.0. The molecule has 0 aliphatic heterocycles. The van der Waals surface area contributed by atoms with Crippen LogP contribution in [0.1, 0.15) is 30.6 Å². The first kappa shape index (κ1) is 15.4. The molecule has 4 nitrogen and oxygen atoms in total. The lowest BCUT2D eigenvalue weighted by Gasteiger charge is -2.14. The molecular weight excluding hydrogens is 256 g/mol. The molecule has 0 aliphatic carbocycles. The van der Waals surface area contributed by atoms with Crippen LogP contribution in [0.2, 0.25) is 0 Å². The number of aliphatic hydroxyl groups is 1. The number of nitrogens with one attached hydrogen (secondary N) is 1. The first-order valence-corrected chi connectivity index (χ1v) is 5.95. The lowest BCUT2D eigenvalue weighted by Crippen LogP contribution is -2.30. The molecule has 0 aromatic heterocycles. The summed E-state index contributed by atoms with van der Waals surface area (Å²) >= 11 is 0. The molecule has 1 aromatic carbocycles. The Morgan fingerprint density at radius 2 is 2.00 bits per heavy atom. The largest absolute Gasteiger partial charge is 0.507 e. The molecule has 0 fully saturated rings. The van der Waals surface area contributed by atoms with Gasteiger partial charge in [0.25, 0.3) is 5.91 Å². The maximum atomic E-state index is 13.4. The van der Waals surface area contributed by atoms with E-state index in [0.717, 1.165) is 0 Å². The summed E-state index contributed by atoms with van der Waals surface area (Å²) in [4.78, 5) is 11.7. The van der Waals surface area contributed by atoms with Gasteiger partial charge in [0.15, 0.2) is 0 Å². The highest BCUT2D eigenvalue weighted by Crippen LogP contribution is 2.21. The van der Waals surface area contributed by atoms with Crippen LogP contribution in [0.25, 0.3) is 0 Å². The smallest absolute Gasteiger partial charge is 0.258 e. The minimum absolute atomic E-state index is 0.00500. The summed E-state index contributed by atoms with van der Waals surface area (Å²) in [7, 11) is 0. The van der Waals surface area contributed by atoms with Gasteiger partial charge in [-0.25, -0.2) is 8.78 Å². The number of hydrogen-bond acceptors (Lipinski definition) is 3. The topological polar surface area (TPSA) is 69.6 Å². The van der Waals surface area contributed by atoms with Crippen molar-refractivity contribution in [1.29, 1.82) is 0 Å². The normalized spacial score (nSPS) is 13.9. The number of carbonyl (C=O) groups is 1. The van der Waals surface area contributed by atoms with Crippen molar-refractivity contribution in [3.63, 3.8) is 0 Å². The Balaban J connectivity index is 2.69. The quantitative estimate of drug-likeness (QED) is 0.766.